The van der Waals surface area contributed by atoms with E-state index in [-0.39, 0.29) is 29.5 Å². The number of amides is 1. The van der Waals surface area contributed by atoms with E-state index in [1.807, 2.05) is 24.3 Å². The minimum absolute atomic E-state index is 0.114. The Kier molecular flexibility index (Phi) is 9.27. The molecular weight excluding hydrogens is 669 g/mol. The number of sulfonamides is 1. The van der Waals surface area contributed by atoms with Gasteiger partial charge in [-0.25, -0.2) is 13.4 Å². The zero-order valence-corrected chi connectivity index (χ0v) is 28.5. The third kappa shape index (κ3) is 6.67. The minimum atomic E-state index is -4.62. The maximum Gasteiger partial charge on any atom is 0.416 e. The van der Waals surface area contributed by atoms with Crippen molar-refractivity contribution in [1.82, 2.24) is 19.2 Å². The van der Waals surface area contributed by atoms with Crippen molar-refractivity contribution in [3.8, 4) is 0 Å². The first-order chi connectivity index (χ1) is 23.9. The molecule has 2 aliphatic carbocycles. The van der Waals surface area contributed by atoms with Crippen LogP contribution >= 0.6 is 0 Å². The molecule has 0 saturated heterocycles. The molecule has 9 nitrogen and oxygen atoms in total. The van der Waals surface area contributed by atoms with Crippen LogP contribution in [0.4, 0.5) is 13.2 Å². The standard InChI is InChI=1S/C37H41F3N4O5S/c38-37(39,40)28-10-5-8-26(22-28)32(45)34(47)43-18-6-13-31-30(23-43)33(46)42-35(41-31)36(16-17-36)27-9-4-7-25(21-27)24-14-19-44(20-15-24)50(48,49)29-11-2-1-3-12-29/h4-5,7-10,14,21-22,29,32,45H,1-3,6,11-13,15-20,23H2,(H,41,42,46)/t32-/m1/s1. The summed E-state index contributed by atoms with van der Waals surface area (Å²) in [5, 5.41) is 10.5. The number of benzene rings is 2. The van der Waals surface area contributed by atoms with Crippen LogP contribution in [-0.4, -0.2) is 63.5 Å². The molecule has 2 aromatic carbocycles. The topological polar surface area (TPSA) is 124 Å². The van der Waals surface area contributed by atoms with Crippen LogP contribution in [-0.2, 0) is 39.4 Å². The summed E-state index contributed by atoms with van der Waals surface area (Å²) in [5.74, 6) is -0.215. The summed E-state index contributed by atoms with van der Waals surface area (Å²) in [6, 6.07) is 12.2. The first-order valence-electron chi connectivity index (χ1n) is 17.4. The van der Waals surface area contributed by atoms with E-state index in [1.165, 1.54) is 11.0 Å². The number of carbonyl (C=O) groups is 1. The van der Waals surface area contributed by atoms with E-state index < -0.39 is 39.2 Å². The van der Waals surface area contributed by atoms with E-state index in [0.717, 1.165) is 79.8 Å². The predicted octanol–water partition coefficient (Wildman–Crippen LogP) is 5.63. The number of aromatic amines is 1. The molecule has 2 saturated carbocycles. The zero-order chi connectivity index (χ0) is 35.3. The molecule has 1 atom stereocenters. The SMILES string of the molecule is O=C([C@H](O)c1cccc(C(F)(F)F)c1)N1CCCc2nc(C3(c4cccc(C5=CCN(S(=O)(=O)C6CCCCC6)CC5)c4)CC3)[nH]c(=O)c2C1. The minimum Gasteiger partial charge on any atom is -0.378 e. The quantitative estimate of drug-likeness (QED) is 0.328. The van der Waals surface area contributed by atoms with Crippen LogP contribution in [0.25, 0.3) is 5.57 Å². The van der Waals surface area contributed by atoms with E-state index >= 15 is 0 Å². The number of H-pyrrole nitrogens is 1. The molecule has 2 aliphatic heterocycles. The van der Waals surface area contributed by atoms with Crippen LogP contribution in [0.3, 0.4) is 0 Å². The molecule has 1 amide bonds. The summed E-state index contributed by atoms with van der Waals surface area (Å²) in [6.45, 7) is 0.911. The number of aliphatic hydroxyl groups excluding tert-OH is 1. The molecule has 2 N–H and O–H groups in total. The van der Waals surface area contributed by atoms with Gasteiger partial charge in [0.2, 0.25) is 10.0 Å². The maximum absolute atomic E-state index is 13.6. The number of nitrogens with zero attached hydrogens (tertiary/aromatic N) is 3. The van der Waals surface area contributed by atoms with Gasteiger partial charge in [-0.3, -0.25) is 9.59 Å². The van der Waals surface area contributed by atoms with Crippen molar-refractivity contribution in [3.05, 3.63) is 104 Å². The van der Waals surface area contributed by atoms with Crippen molar-refractivity contribution in [2.24, 2.45) is 0 Å². The molecule has 3 aromatic rings. The Labute approximate surface area is 289 Å². The number of aliphatic hydroxyl groups is 1. The van der Waals surface area contributed by atoms with Crippen molar-refractivity contribution in [2.45, 2.75) is 93.7 Å². The third-order valence-corrected chi connectivity index (χ3v) is 13.2. The summed E-state index contributed by atoms with van der Waals surface area (Å²) < 4.78 is 67.9. The number of hydrogen-bond acceptors (Lipinski definition) is 6. The largest absolute Gasteiger partial charge is 0.416 e. The highest BCUT2D eigenvalue weighted by atomic mass is 32.2. The molecule has 13 heteroatoms. The molecule has 50 heavy (non-hydrogen) atoms. The number of aromatic nitrogens is 2. The Morgan fingerprint density at radius 1 is 1.00 bits per heavy atom. The highest BCUT2D eigenvalue weighted by molar-refractivity contribution is 7.89. The molecule has 1 aromatic heterocycles. The summed E-state index contributed by atoms with van der Waals surface area (Å²) >= 11 is 0. The molecule has 0 bridgehead atoms. The summed E-state index contributed by atoms with van der Waals surface area (Å²) in [6.07, 6.45) is 3.19. The van der Waals surface area contributed by atoms with E-state index in [1.54, 1.807) is 4.31 Å². The van der Waals surface area contributed by atoms with Crippen LogP contribution in [0.5, 0.6) is 0 Å². The maximum atomic E-state index is 13.6. The zero-order valence-electron chi connectivity index (χ0n) is 27.7. The second-order valence-electron chi connectivity index (χ2n) is 14.0. The lowest BCUT2D eigenvalue weighted by Crippen LogP contribution is -2.41. The molecular formula is C37H41F3N4O5S. The number of halogens is 3. The molecule has 0 radical (unpaired) electrons. The van der Waals surface area contributed by atoms with E-state index in [4.69, 9.17) is 4.98 Å². The van der Waals surface area contributed by atoms with Crippen LogP contribution in [0.2, 0.25) is 0 Å². The first kappa shape index (κ1) is 34.6. The number of fused-ring (bicyclic) bond motifs is 1. The Bertz CT molecular complexity index is 1980. The summed E-state index contributed by atoms with van der Waals surface area (Å²) in [7, 11) is -3.32. The normalized spacial score (nSPS) is 20.8. The second-order valence-corrected chi connectivity index (χ2v) is 16.2. The average Bonchev–Trinajstić information content (AvgIpc) is 3.96. The molecule has 266 valence electrons. The van der Waals surface area contributed by atoms with Gasteiger partial charge in [-0.2, -0.15) is 17.5 Å². The van der Waals surface area contributed by atoms with Gasteiger partial charge in [0.1, 0.15) is 5.82 Å². The molecule has 2 fully saturated rings. The monoisotopic (exact) mass is 710 g/mol. The first-order valence-corrected chi connectivity index (χ1v) is 18.9. The fraction of sp³-hybridized carbons (Fsp3) is 0.486. The number of hydrogen-bond donors (Lipinski definition) is 2. The van der Waals surface area contributed by atoms with Crippen molar-refractivity contribution in [2.75, 3.05) is 19.6 Å². The lowest BCUT2D eigenvalue weighted by atomic mass is 9.90. The lowest BCUT2D eigenvalue weighted by Gasteiger charge is -2.31. The van der Waals surface area contributed by atoms with Crippen molar-refractivity contribution in [1.29, 1.82) is 0 Å². The smallest absolute Gasteiger partial charge is 0.378 e. The molecule has 7 rings (SSSR count). The average molecular weight is 711 g/mol. The fourth-order valence-electron chi connectivity index (χ4n) is 7.76. The number of nitrogens with one attached hydrogen (secondary N) is 1. The Hall–Kier alpha value is -3.81. The number of aryl methyl sites for hydroxylation is 1. The Morgan fingerprint density at radius 3 is 2.46 bits per heavy atom. The van der Waals surface area contributed by atoms with Gasteiger partial charge >= 0.3 is 6.18 Å². The highest BCUT2D eigenvalue weighted by Crippen LogP contribution is 2.52. The van der Waals surface area contributed by atoms with Crippen molar-refractivity contribution in [3.63, 3.8) is 0 Å². The highest BCUT2D eigenvalue weighted by Gasteiger charge is 2.49. The van der Waals surface area contributed by atoms with Crippen LogP contribution in [0, 0.1) is 0 Å². The van der Waals surface area contributed by atoms with E-state index in [0.29, 0.717) is 49.4 Å². The predicted molar refractivity (Wildman–Crippen MR) is 181 cm³/mol. The summed E-state index contributed by atoms with van der Waals surface area (Å²) in [5.41, 5.74) is 2.04. The molecule has 0 spiro atoms. The van der Waals surface area contributed by atoms with Crippen LogP contribution in [0.1, 0.15) is 103 Å². The number of rotatable bonds is 7. The molecule has 0 unspecified atom stereocenters. The molecule has 4 aliphatic rings. The number of carbonyl (C=O) groups excluding carboxylic acids is 1. The van der Waals surface area contributed by atoms with E-state index in [2.05, 4.69) is 11.1 Å². The van der Waals surface area contributed by atoms with Crippen LogP contribution in [0.15, 0.2) is 59.4 Å². The van der Waals surface area contributed by atoms with Crippen molar-refractivity contribution < 1.29 is 31.5 Å². The summed E-state index contributed by atoms with van der Waals surface area (Å²) in [4.78, 5) is 36.1. The van der Waals surface area contributed by atoms with Gasteiger partial charge in [-0.05, 0) is 79.3 Å². The lowest BCUT2D eigenvalue weighted by molar-refractivity contribution is -0.142. The Morgan fingerprint density at radius 2 is 1.76 bits per heavy atom. The van der Waals surface area contributed by atoms with Gasteiger partial charge < -0.3 is 15.0 Å². The van der Waals surface area contributed by atoms with Gasteiger partial charge in [0.25, 0.3) is 11.5 Å². The van der Waals surface area contributed by atoms with E-state index in [9.17, 15) is 36.3 Å². The van der Waals surface area contributed by atoms with Gasteiger partial charge in [0, 0.05) is 19.6 Å². The Balaban J connectivity index is 1.08. The second kappa shape index (κ2) is 13.4. The van der Waals surface area contributed by atoms with Crippen LogP contribution < -0.4 is 5.56 Å². The fourth-order valence-corrected chi connectivity index (χ4v) is 9.74. The van der Waals surface area contributed by atoms with Gasteiger partial charge in [-0.1, -0.05) is 61.7 Å². The van der Waals surface area contributed by atoms with Gasteiger partial charge in [-0.15, -0.1) is 0 Å². The van der Waals surface area contributed by atoms with Crippen molar-refractivity contribution >= 4 is 21.5 Å². The molecule has 3 heterocycles. The number of alkyl halides is 3. The van der Waals surface area contributed by atoms with Gasteiger partial charge in [0.15, 0.2) is 6.10 Å². The third-order valence-electron chi connectivity index (χ3n) is 10.9. The van der Waals surface area contributed by atoms with Gasteiger partial charge in [0.05, 0.1) is 34.0 Å².